The Balaban J connectivity index is 2.46. The maximum atomic E-state index is 13.6. The molecule has 0 heterocycles. The predicted molar refractivity (Wildman–Crippen MR) is 133 cm³/mol. The third-order valence-electron chi connectivity index (χ3n) is 5.22. The Hall–Kier alpha value is -3.18. The van der Waals surface area contributed by atoms with Crippen LogP contribution in [0.15, 0.2) is 48.5 Å². The van der Waals surface area contributed by atoms with E-state index < -0.39 is 34.5 Å². The van der Waals surface area contributed by atoms with E-state index in [0.717, 1.165) is 20.7 Å². The van der Waals surface area contributed by atoms with Crippen molar-refractivity contribution in [2.75, 3.05) is 32.1 Å². The average molecular weight is 509 g/mol. The first-order valence-electron chi connectivity index (χ1n) is 11.0. The van der Waals surface area contributed by atoms with Crippen LogP contribution in [0, 0.1) is 5.82 Å². The number of nitrogens with zero attached hydrogens (tertiary/aromatic N) is 3. The van der Waals surface area contributed by atoms with E-state index in [-0.39, 0.29) is 24.2 Å². The largest absolute Gasteiger partial charge is 0.497 e. The van der Waals surface area contributed by atoms with Gasteiger partial charge in [0.15, 0.2) is 0 Å². The number of hydrogen-bond acceptors (Lipinski definition) is 5. The zero-order valence-corrected chi connectivity index (χ0v) is 21.7. The molecule has 0 saturated carbocycles. The second-order valence-electron chi connectivity index (χ2n) is 8.49. The Morgan fingerprint density at radius 2 is 1.69 bits per heavy atom. The fourth-order valence-corrected chi connectivity index (χ4v) is 4.34. The van der Waals surface area contributed by atoms with Gasteiger partial charge in [-0.15, -0.1) is 0 Å². The normalized spacial score (nSPS) is 12.4. The number of hydrogen-bond donors (Lipinski definition) is 1. The summed E-state index contributed by atoms with van der Waals surface area (Å²) in [5.41, 5.74) is 0.819. The molecule has 0 unspecified atom stereocenters. The summed E-state index contributed by atoms with van der Waals surface area (Å²) in [5, 5.41) is 2.79. The highest BCUT2D eigenvalue weighted by Gasteiger charge is 2.32. The summed E-state index contributed by atoms with van der Waals surface area (Å²) < 4.78 is 46.7. The SMILES string of the molecule is COc1cccc(CN(C(=O)CN(c2ccc(F)cc2)S(=O)(=O)N(C)C)[C@H](C)C(=O)NC(C)C)c1. The number of anilines is 1. The van der Waals surface area contributed by atoms with Gasteiger partial charge in [0, 0.05) is 26.7 Å². The van der Waals surface area contributed by atoms with E-state index in [4.69, 9.17) is 4.74 Å². The lowest BCUT2D eigenvalue weighted by molar-refractivity contribution is -0.139. The van der Waals surface area contributed by atoms with Gasteiger partial charge in [-0.25, -0.2) is 8.70 Å². The maximum absolute atomic E-state index is 13.6. The molecule has 0 radical (unpaired) electrons. The number of rotatable bonds is 11. The van der Waals surface area contributed by atoms with Crippen molar-refractivity contribution in [3.05, 3.63) is 59.9 Å². The fraction of sp³-hybridized carbons (Fsp3) is 0.417. The number of nitrogens with one attached hydrogen (secondary N) is 1. The van der Waals surface area contributed by atoms with E-state index in [1.54, 1.807) is 45.0 Å². The van der Waals surface area contributed by atoms with Crippen molar-refractivity contribution in [2.45, 2.75) is 39.4 Å². The Kier molecular flexibility index (Phi) is 9.61. The standard InChI is InChI=1S/C24H33FN4O5S/c1-17(2)26-24(31)18(3)28(15-19-8-7-9-22(14-19)34-6)23(30)16-29(35(32,33)27(4)5)21-12-10-20(25)11-13-21/h7-14,17-18H,15-16H2,1-6H3,(H,26,31)/t18-/m1/s1. The quantitative estimate of drug-likeness (QED) is 0.503. The molecule has 0 spiro atoms. The monoisotopic (exact) mass is 508 g/mol. The van der Waals surface area contributed by atoms with Crippen LogP contribution in [0.4, 0.5) is 10.1 Å². The number of benzene rings is 2. The first kappa shape index (κ1) is 28.1. The van der Waals surface area contributed by atoms with Gasteiger partial charge in [0.1, 0.15) is 24.2 Å². The molecule has 2 aromatic rings. The van der Waals surface area contributed by atoms with Gasteiger partial charge in [-0.1, -0.05) is 12.1 Å². The first-order valence-corrected chi connectivity index (χ1v) is 12.4. The number of amides is 2. The van der Waals surface area contributed by atoms with Crippen molar-refractivity contribution in [2.24, 2.45) is 0 Å². The molecule has 2 aromatic carbocycles. The Morgan fingerprint density at radius 3 is 2.23 bits per heavy atom. The first-order chi connectivity index (χ1) is 16.4. The number of carbonyl (C=O) groups excluding carboxylic acids is 2. The minimum absolute atomic E-state index is 0.0436. The lowest BCUT2D eigenvalue weighted by atomic mass is 10.1. The number of halogens is 1. The van der Waals surface area contributed by atoms with Gasteiger partial charge in [0.05, 0.1) is 12.8 Å². The van der Waals surface area contributed by atoms with Crippen molar-refractivity contribution < 1.29 is 27.1 Å². The van der Waals surface area contributed by atoms with Crippen molar-refractivity contribution in [3.8, 4) is 5.75 Å². The molecular formula is C24H33FN4O5S. The predicted octanol–water partition coefficient (Wildman–Crippen LogP) is 2.39. The molecule has 0 bridgehead atoms. The molecule has 2 rings (SSSR count). The lowest BCUT2D eigenvalue weighted by Gasteiger charge is -2.33. The fourth-order valence-electron chi connectivity index (χ4n) is 3.28. The summed E-state index contributed by atoms with van der Waals surface area (Å²) in [6.45, 7) is 4.65. The van der Waals surface area contributed by atoms with Crippen molar-refractivity contribution in [1.29, 1.82) is 0 Å². The van der Waals surface area contributed by atoms with Crippen LogP contribution in [0.1, 0.15) is 26.3 Å². The van der Waals surface area contributed by atoms with Gasteiger partial charge in [0.25, 0.3) is 0 Å². The third-order valence-corrected chi connectivity index (χ3v) is 7.04. The van der Waals surface area contributed by atoms with Gasteiger partial charge in [-0.05, 0) is 62.7 Å². The molecule has 1 N–H and O–H groups in total. The summed E-state index contributed by atoms with van der Waals surface area (Å²) >= 11 is 0. The highest BCUT2D eigenvalue weighted by atomic mass is 32.2. The van der Waals surface area contributed by atoms with Crippen molar-refractivity contribution >= 4 is 27.7 Å². The summed E-state index contributed by atoms with van der Waals surface area (Å²) in [6.07, 6.45) is 0. The van der Waals surface area contributed by atoms with Gasteiger partial charge in [-0.2, -0.15) is 12.7 Å². The summed E-state index contributed by atoms with van der Waals surface area (Å²) in [5.74, 6) is -0.938. The van der Waals surface area contributed by atoms with E-state index in [1.807, 2.05) is 0 Å². The molecule has 0 saturated heterocycles. The second kappa shape index (κ2) is 12.0. The van der Waals surface area contributed by atoms with E-state index in [2.05, 4.69) is 5.32 Å². The van der Waals surface area contributed by atoms with Crippen molar-refractivity contribution in [1.82, 2.24) is 14.5 Å². The topological polar surface area (TPSA) is 99.3 Å². The minimum atomic E-state index is -4.11. The average Bonchev–Trinajstić information content (AvgIpc) is 2.80. The molecule has 11 heteroatoms. The van der Waals surface area contributed by atoms with E-state index in [1.165, 1.54) is 38.2 Å². The van der Waals surface area contributed by atoms with Crippen LogP contribution >= 0.6 is 0 Å². The molecule has 9 nitrogen and oxygen atoms in total. The zero-order valence-electron chi connectivity index (χ0n) is 20.9. The van der Waals surface area contributed by atoms with Crippen LogP contribution < -0.4 is 14.4 Å². The van der Waals surface area contributed by atoms with Crippen molar-refractivity contribution in [3.63, 3.8) is 0 Å². The molecule has 0 aromatic heterocycles. The molecule has 0 aliphatic heterocycles. The lowest BCUT2D eigenvalue weighted by Crippen LogP contribution is -2.53. The number of methoxy groups -OCH3 is 1. The van der Waals surface area contributed by atoms with Crippen LogP contribution in [-0.2, 0) is 26.3 Å². The Labute approximate surface area is 206 Å². The van der Waals surface area contributed by atoms with Crippen LogP contribution in [0.2, 0.25) is 0 Å². The minimum Gasteiger partial charge on any atom is -0.497 e. The molecule has 192 valence electrons. The smallest absolute Gasteiger partial charge is 0.304 e. The van der Waals surface area contributed by atoms with Gasteiger partial charge in [-0.3, -0.25) is 9.59 Å². The zero-order chi connectivity index (χ0) is 26.3. The Bertz CT molecular complexity index is 1120. The molecule has 0 fully saturated rings. The number of ether oxygens (including phenoxy) is 1. The third kappa shape index (κ3) is 7.40. The maximum Gasteiger partial charge on any atom is 0.304 e. The summed E-state index contributed by atoms with van der Waals surface area (Å²) in [4.78, 5) is 27.7. The van der Waals surface area contributed by atoms with Crippen LogP contribution in [0.25, 0.3) is 0 Å². The number of carbonyl (C=O) groups is 2. The van der Waals surface area contributed by atoms with E-state index in [9.17, 15) is 22.4 Å². The van der Waals surface area contributed by atoms with E-state index >= 15 is 0 Å². The van der Waals surface area contributed by atoms with Crippen LogP contribution in [0.3, 0.4) is 0 Å². The van der Waals surface area contributed by atoms with E-state index in [0.29, 0.717) is 11.3 Å². The summed E-state index contributed by atoms with van der Waals surface area (Å²) in [6, 6.07) is 10.8. The van der Waals surface area contributed by atoms with Gasteiger partial charge in [0.2, 0.25) is 11.8 Å². The molecule has 0 aliphatic carbocycles. The second-order valence-corrected chi connectivity index (χ2v) is 10.6. The van der Waals surface area contributed by atoms with Gasteiger partial charge >= 0.3 is 10.2 Å². The molecule has 0 aliphatic rings. The highest BCUT2D eigenvalue weighted by molar-refractivity contribution is 7.90. The van der Waals surface area contributed by atoms with Crippen LogP contribution in [0.5, 0.6) is 5.75 Å². The molecule has 2 amide bonds. The Morgan fingerprint density at radius 1 is 1.06 bits per heavy atom. The highest BCUT2D eigenvalue weighted by Crippen LogP contribution is 2.22. The molecular weight excluding hydrogens is 475 g/mol. The summed E-state index contributed by atoms with van der Waals surface area (Å²) in [7, 11) is 0.0882. The molecule has 35 heavy (non-hydrogen) atoms. The molecule has 1 atom stereocenters. The van der Waals surface area contributed by atoms with Gasteiger partial charge < -0.3 is 15.0 Å². The van der Waals surface area contributed by atoms with Crippen LogP contribution in [-0.4, -0.2) is 69.3 Å².